The number of fused-ring (bicyclic) bond motifs is 1. The first-order chi connectivity index (χ1) is 12.9. The number of aromatic nitrogens is 4. The molecule has 2 aromatic rings. The molecule has 0 saturated carbocycles. The molecule has 1 atom stereocenters. The van der Waals surface area contributed by atoms with Crippen molar-refractivity contribution in [3.8, 4) is 0 Å². The van der Waals surface area contributed by atoms with Crippen molar-refractivity contribution in [3.63, 3.8) is 0 Å². The number of imidazole rings is 1. The van der Waals surface area contributed by atoms with Crippen molar-refractivity contribution in [2.75, 3.05) is 18.6 Å². The van der Waals surface area contributed by atoms with E-state index in [9.17, 15) is 14.4 Å². The molecule has 10 heteroatoms. The van der Waals surface area contributed by atoms with Crippen LogP contribution in [0.25, 0.3) is 11.2 Å². The van der Waals surface area contributed by atoms with Crippen LogP contribution in [-0.4, -0.2) is 43.5 Å². The fraction of sp³-hybridized carbons (Fsp3) is 0.588. The van der Waals surface area contributed by atoms with Crippen molar-refractivity contribution in [2.45, 2.75) is 45.6 Å². The summed E-state index contributed by atoms with van der Waals surface area (Å²) in [6, 6.07) is 0. The molecule has 0 radical (unpaired) electrons. The van der Waals surface area contributed by atoms with E-state index in [1.807, 2.05) is 4.57 Å². The number of ether oxygens (including phenoxy) is 1. The molecule has 0 fully saturated rings. The monoisotopic (exact) mass is 395 g/mol. The molecule has 0 aromatic carbocycles. The SMILES string of the molecule is COC(=O)C(C)CC(=O)SCCCCCCn1cnc2c(=O)[nH]c(N)nc21. The number of unbranched alkanes of at least 4 members (excludes halogenated alkanes) is 3. The molecule has 2 heterocycles. The smallest absolute Gasteiger partial charge is 0.308 e. The highest BCUT2D eigenvalue weighted by atomic mass is 32.2. The number of nitrogen functional groups attached to an aromatic ring is 1. The number of aromatic amines is 1. The lowest BCUT2D eigenvalue weighted by atomic mass is 10.1. The van der Waals surface area contributed by atoms with Gasteiger partial charge in [-0.3, -0.25) is 19.4 Å². The Morgan fingerprint density at radius 3 is 2.81 bits per heavy atom. The molecular formula is C17H25N5O4S. The molecule has 0 aliphatic heterocycles. The lowest BCUT2D eigenvalue weighted by Gasteiger charge is -2.07. The van der Waals surface area contributed by atoms with Gasteiger partial charge in [-0.1, -0.05) is 31.5 Å². The van der Waals surface area contributed by atoms with Gasteiger partial charge in [0, 0.05) is 18.7 Å². The first kappa shape index (κ1) is 20.9. The number of H-pyrrole nitrogens is 1. The summed E-state index contributed by atoms with van der Waals surface area (Å²) in [5.74, 6) is 0.0790. The number of esters is 1. The van der Waals surface area contributed by atoms with Crippen LogP contribution in [0.4, 0.5) is 5.95 Å². The predicted octanol–water partition coefficient (Wildman–Crippen LogP) is 1.72. The first-order valence-electron chi connectivity index (χ1n) is 8.86. The van der Waals surface area contributed by atoms with Crippen LogP contribution in [0.3, 0.4) is 0 Å². The molecule has 3 N–H and O–H groups in total. The third-order valence-corrected chi connectivity index (χ3v) is 5.11. The standard InChI is InChI=1S/C17H25N5O4S/c1-11(16(25)26-2)9-12(23)27-8-6-4-3-5-7-22-10-19-13-14(22)20-17(18)21-15(13)24/h10-11H,3-9H2,1-2H3,(H3,18,20,21,24). The maximum absolute atomic E-state index is 11.8. The van der Waals surface area contributed by atoms with E-state index in [1.54, 1.807) is 13.3 Å². The van der Waals surface area contributed by atoms with E-state index >= 15 is 0 Å². The lowest BCUT2D eigenvalue weighted by molar-refractivity contribution is -0.145. The van der Waals surface area contributed by atoms with Gasteiger partial charge in [-0.15, -0.1) is 0 Å². The van der Waals surface area contributed by atoms with Gasteiger partial charge in [-0.05, 0) is 12.8 Å². The summed E-state index contributed by atoms with van der Waals surface area (Å²) in [5.41, 5.74) is 6.03. The number of nitrogens with two attached hydrogens (primary N) is 1. The van der Waals surface area contributed by atoms with Gasteiger partial charge >= 0.3 is 5.97 Å². The van der Waals surface area contributed by atoms with Crippen LogP contribution in [0.5, 0.6) is 0 Å². The van der Waals surface area contributed by atoms with Gasteiger partial charge in [0.15, 0.2) is 16.3 Å². The normalized spacial score (nSPS) is 12.2. The summed E-state index contributed by atoms with van der Waals surface area (Å²) in [4.78, 5) is 45.5. The number of carbonyl (C=O) groups is 2. The molecule has 2 aromatic heterocycles. The minimum absolute atomic E-state index is 0.0201. The summed E-state index contributed by atoms with van der Waals surface area (Å²) in [7, 11) is 1.33. The highest BCUT2D eigenvalue weighted by Crippen LogP contribution is 2.16. The third kappa shape index (κ3) is 6.09. The Labute approximate surface area is 161 Å². The number of aryl methyl sites for hydroxylation is 1. The molecule has 0 aliphatic carbocycles. The average molecular weight is 395 g/mol. The quantitative estimate of drug-likeness (QED) is 0.459. The van der Waals surface area contributed by atoms with Crippen molar-refractivity contribution in [3.05, 3.63) is 16.7 Å². The minimum atomic E-state index is -0.394. The number of hydrogen-bond acceptors (Lipinski definition) is 8. The van der Waals surface area contributed by atoms with Crippen molar-refractivity contribution >= 4 is 40.0 Å². The molecule has 0 amide bonds. The number of carbonyl (C=O) groups excluding carboxylic acids is 2. The Kier molecular flexibility index (Phi) is 7.83. The van der Waals surface area contributed by atoms with Gasteiger partial charge in [0.05, 0.1) is 19.4 Å². The zero-order chi connectivity index (χ0) is 19.8. The molecule has 2 rings (SSSR count). The molecule has 0 spiro atoms. The van der Waals surface area contributed by atoms with Gasteiger partial charge in [-0.25, -0.2) is 4.98 Å². The van der Waals surface area contributed by atoms with Gasteiger partial charge in [-0.2, -0.15) is 4.98 Å². The Bertz CT molecular complexity index is 847. The number of nitrogens with one attached hydrogen (secondary N) is 1. The van der Waals surface area contributed by atoms with Crippen LogP contribution in [0.1, 0.15) is 39.0 Å². The van der Waals surface area contributed by atoms with Crippen molar-refractivity contribution < 1.29 is 14.3 Å². The summed E-state index contributed by atoms with van der Waals surface area (Å²) in [6.45, 7) is 2.40. The van der Waals surface area contributed by atoms with Gasteiger partial charge < -0.3 is 15.0 Å². The fourth-order valence-electron chi connectivity index (χ4n) is 2.65. The summed E-state index contributed by atoms with van der Waals surface area (Å²) >= 11 is 1.27. The highest BCUT2D eigenvalue weighted by molar-refractivity contribution is 8.13. The van der Waals surface area contributed by atoms with E-state index in [0.29, 0.717) is 17.7 Å². The van der Waals surface area contributed by atoms with Crippen LogP contribution in [0, 0.1) is 5.92 Å². The van der Waals surface area contributed by atoms with Crippen molar-refractivity contribution in [1.29, 1.82) is 0 Å². The average Bonchev–Trinajstić information content (AvgIpc) is 3.03. The van der Waals surface area contributed by atoms with Crippen molar-refractivity contribution in [2.24, 2.45) is 5.92 Å². The Morgan fingerprint density at radius 1 is 1.33 bits per heavy atom. The van der Waals surface area contributed by atoms with Crippen molar-refractivity contribution in [1.82, 2.24) is 19.5 Å². The molecule has 0 bridgehead atoms. The van der Waals surface area contributed by atoms with Crippen LogP contribution in [0.2, 0.25) is 0 Å². The van der Waals surface area contributed by atoms with Gasteiger partial charge in [0.1, 0.15) is 0 Å². The summed E-state index contributed by atoms with van der Waals surface area (Å²) in [6.07, 6.45) is 5.64. The summed E-state index contributed by atoms with van der Waals surface area (Å²) < 4.78 is 6.44. The van der Waals surface area contributed by atoms with Crippen LogP contribution < -0.4 is 11.3 Å². The van der Waals surface area contributed by atoms with E-state index in [1.165, 1.54) is 18.9 Å². The number of hydrogen-bond donors (Lipinski definition) is 2. The van der Waals surface area contributed by atoms with Gasteiger partial charge in [0.2, 0.25) is 5.95 Å². The number of nitrogens with zero attached hydrogens (tertiary/aromatic N) is 3. The third-order valence-electron chi connectivity index (χ3n) is 4.13. The molecule has 9 nitrogen and oxygen atoms in total. The molecule has 0 aliphatic rings. The zero-order valence-electron chi connectivity index (χ0n) is 15.6. The van der Waals surface area contributed by atoms with Crippen LogP contribution >= 0.6 is 11.8 Å². The topological polar surface area (TPSA) is 133 Å². The number of anilines is 1. The fourth-order valence-corrected chi connectivity index (χ4v) is 3.60. The maximum atomic E-state index is 11.8. The Morgan fingerprint density at radius 2 is 2.07 bits per heavy atom. The van der Waals surface area contributed by atoms with Crippen LogP contribution in [0.15, 0.2) is 11.1 Å². The Balaban J connectivity index is 1.64. The number of rotatable bonds is 10. The largest absolute Gasteiger partial charge is 0.469 e. The molecule has 0 saturated heterocycles. The van der Waals surface area contributed by atoms with E-state index < -0.39 is 5.92 Å². The van der Waals surface area contributed by atoms with E-state index in [4.69, 9.17) is 5.73 Å². The Hall–Kier alpha value is -2.36. The first-order valence-corrected chi connectivity index (χ1v) is 9.85. The molecular weight excluding hydrogens is 370 g/mol. The summed E-state index contributed by atoms with van der Waals surface area (Å²) in [5, 5.41) is 0.0201. The molecule has 27 heavy (non-hydrogen) atoms. The van der Waals surface area contributed by atoms with E-state index in [0.717, 1.165) is 31.4 Å². The second-order valence-corrected chi connectivity index (χ2v) is 7.48. The second-order valence-electron chi connectivity index (χ2n) is 6.32. The second kappa shape index (κ2) is 10.1. The van der Waals surface area contributed by atoms with Gasteiger partial charge in [0.25, 0.3) is 5.56 Å². The molecule has 148 valence electrons. The number of thioether (sulfide) groups is 1. The van der Waals surface area contributed by atoms with Crippen LogP contribution in [-0.2, 0) is 20.9 Å². The van der Waals surface area contributed by atoms with E-state index in [-0.39, 0.29) is 29.0 Å². The zero-order valence-corrected chi connectivity index (χ0v) is 16.4. The predicted molar refractivity (Wildman–Crippen MR) is 104 cm³/mol. The van der Waals surface area contributed by atoms with E-state index in [2.05, 4.69) is 19.7 Å². The minimum Gasteiger partial charge on any atom is -0.469 e. The number of methoxy groups -OCH3 is 1. The lowest BCUT2D eigenvalue weighted by Crippen LogP contribution is -2.15. The molecule has 1 unspecified atom stereocenters. The maximum Gasteiger partial charge on any atom is 0.308 e. The highest BCUT2D eigenvalue weighted by Gasteiger charge is 2.17.